The number of aromatic amines is 1. The molecule has 1 saturated heterocycles. The van der Waals surface area contributed by atoms with Crippen molar-refractivity contribution in [3.8, 4) is 0 Å². The van der Waals surface area contributed by atoms with Crippen LogP contribution in [-0.4, -0.2) is 21.4 Å². The lowest BCUT2D eigenvalue weighted by molar-refractivity contribution is 0.101. The van der Waals surface area contributed by atoms with E-state index in [1.165, 1.54) is 0 Å². The molecule has 5 nitrogen and oxygen atoms in total. The van der Waals surface area contributed by atoms with E-state index in [1.807, 2.05) is 0 Å². The number of ether oxygens (including phenoxy) is 1. The number of H-pyrrole nitrogens is 1. The summed E-state index contributed by atoms with van der Waals surface area (Å²) in [5, 5.41) is 6.57. The summed E-state index contributed by atoms with van der Waals surface area (Å²) in [6.45, 7) is 0.788. The molecule has 1 N–H and O–H groups in total. The molecule has 0 spiro atoms. The molecule has 1 saturated carbocycles. The molecule has 3 rings (SSSR count). The zero-order chi connectivity index (χ0) is 9.54. The third-order valence-electron chi connectivity index (χ3n) is 2.86. The van der Waals surface area contributed by atoms with Gasteiger partial charge in [0.25, 0.3) is 0 Å². The highest BCUT2D eigenvalue weighted by Gasteiger charge is 2.32. The topological polar surface area (TPSA) is 59.9 Å². The number of hydrogen-bond donors (Lipinski definition) is 1. The second kappa shape index (κ2) is 2.95. The summed E-state index contributed by atoms with van der Waals surface area (Å²) in [5.41, 5.74) is -0.0852. The van der Waals surface area contributed by atoms with Crippen molar-refractivity contribution in [1.29, 1.82) is 0 Å². The van der Waals surface area contributed by atoms with Gasteiger partial charge in [0.1, 0.15) is 6.10 Å². The fourth-order valence-corrected chi connectivity index (χ4v) is 2.01. The van der Waals surface area contributed by atoms with Gasteiger partial charge in [-0.15, -0.1) is 0 Å². The number of hydrogen-bond acceptors (Lipinski definition) is 3. The summed E-state index contributed by atoms with van der Waals surface area (Å²) in [5.74, 6) is 0.801. The van der Waals surface area contributed by atoms with Crippen LogP contribution >= 0.6 is 0 Å². The summed E-state index contributed by atoms with van der Waals surface area (Å²) in [4.78, 5) is 11.5. The van der Waals surface area contributed by atoms with E-state index >= 15 is 0 Å². The maximum Gasteiger partial charge on any atom is 0.343 e. The van der Waals surface area contributed by atoms with Crippen LogP contribution in [0.15, 0.2) is 4.79 Å². The second-order valence-electron chi connectivity index (χ2n) is 3.99. The van der Waals surface area contributed by atoms with E-state index in [-0.39, 0.29) is 11.8 Å². The minimum Gasteiger partial charge on any atom is -0.370 e. The normalized spacial score (nSPS) is 27.0. The zero-order valence-electron chi connectivity index (χ0n) is 7.90. The van der Waals surface area contributed by atoms with E-state index in [2.05, 4.69) is 10.2 Å². The van der Waals surface area contributed by atoms with Gasteiger partial charge < -0.3 is 4.74 Å². The quantitative estimate of drug-likeness (QED) is 0.757. The van der Waals surface area contributed by atoms with Gasteiger partial charge in [-0.2, -0.15) is 5.10 Å². The van der Waals surface area contributed by atoms with Gasteiger partial charge in [0, 0.05) is 12.6 Å². The van der Waals surface area contributed by atoms with E-state index in [0.29, 0.717) is 6.04 Å². The molecule has 1 aromatic heterocycles. The van der Waals surface area contributed by atoms with Crippen LogP contribution in [0.25, 0.3) is 0 Å². The first-order valence-electron chi connectivity index (χ1n) is 5.14. The molecule has 1 aliphatic heterocycles. The van der Waals surface area contributed by atoms with Crippen LogP contribution < -0.4 is 5.69 Å². The Bertz CT molecular complexity index is 385. The number of nitrogens with zero attached hydrogens (tertiary/aromatic N) is 2. The van der Waals surface area contributed by atoms with Gasteiger partial charge in [0.15, 0.2) is 5.82 Å². The highest BCUT2D eigenvalue weighted by molar-refractivity contribution is 4.99. The molecule has 1 aromatic rings. The van der Waals surface area contributed by atoms with Gasteiger partial charge in [0.05, 0.1) is 0 Å². The first kappa shape index (κ1) is 8.23. The molecule has 14 heavy (non-hydrogen) atoms. The molecule has 1 atom stereocenters. The van der Waals surface area contributed by atoms with Crippen molar-refractivity contribution in [1.82, 2.24) is 14.8 Å². The van der Waals surface area contributed by atoms with Crippen molar-refractivity contribution in [2.75, 3.05) is 6.61 Å². The van der Waals surface area contributed by atoms with E-state index < -0.39 is 0 Å². The monoisotopic (exact) mass is 195 g/mol. The average Bonchev–Trinajstić information content (AvgIpc) is 2.75. The van der Waals surface area contributed by atoms with Crippen LogP contribution in [0.2, 0.25) is 0 Å². The lowest BCUT2D eigenvalue weighted by Crippen LogP contribution is -2.19. The van der Waals surface area contributed by atoms with E-state index in [9.17, 15) is 4.79 Å². The highest BCUT2D eigenvalue weighted by atomic mass is 16.5. The molecule has 0 amide bonds. The number of rotatable bonds is 2. The lowest BCUT2D eigenvalue weighted by atomic mass is 10.2. The van der Waals surface area contributed by atoms with Crippen molar-refractivity contribution in [2.45, 2.75) is 37.8 Å². The predicted molar refractivity (Wildman–Crippen MR) is 49.0 cm³/mol. The summed E-state index contributed by atoms with van der Waals surface area (Å²) in [7, 11) is 0. The van der Waals surface area contributed by atoms with Gasteiger partial charge in [0.2, 0.25) is 0 Å². The molecule has 0 aromatic carbocycles. The number of nitrogens with one attached hydrogen (secondary N) is 1. The van der Waals surface area contributed by atoms with Crippen LogP contribution in [0.3, 0.4) is 0 Å². The smallest absolute Gasteiger partial charge is 0.343 e. The maximum absolute atomic E-state index is 11.5. The molecule has 2 fully saturated rings. The van der Waals surface area contributed by atoms with Crippen molar-refractivity contribution >= 4 is 0 Å². The van der Waals surface area contributed by atoms with E-state index in [4.69, 9.17) is 4.74 Å². The van der Waals surface area contributed by atoms with Crippen molar-refractivity contribution in [3.63, 3.8) is 0 Å². The molecular weight excluding hydrogens is 182 g/mol. The fraction of sp³-hybridized carbons (Fsp3) is 0.778. The molecule has 2 aliphatic rings. The maximum atomic E-state index is 11.5. The molecule has 5 heteroatoms. The predicted octanol–water partition coefficient (Wildman–Crippen LogP) is 0.758. The minimum atomic E-state index is -0.0852. The minimum absolute atomic E-state index is 0.0366. The fourth-order valence-electron chi connectivity index (χ4n) is 2.01. The van der Waals surface area contributed by atoms with Crippen LogP contribution in [-0.2, 0) is 4.74 Å². The molecule has 0 bridgehead atoms. The Labute approximate surface area is 81.1 Å². The SMILES string of the molecule is O=c1[nH]nc(C2CCCO2)n1C1CC1. The first-order valence-corrected chi connectivity index (χ1v) is 5.14. The van der Waals surface area contributed by atoms with Crippen molar-refractivity contribution < 1.29 is 4.74 Å². The van der Waals surface area contributed by atoms with Gasteiger partial charge >= 0.3 is 5.69 Å². The Balaban J connectivity index is 1.99. The molecule has 1 unspecified atom stereocenters. The molecule has 76 valence electrons. The van der Waals surface area contributed by atoms with Gasteiger partial charge in [-0.3, -0.25) is 4.57 Å². The Morgan fingerprint density at radius 2 is 2.29 bits per heavy atom. The lowest BCUT2D eigenvalue weighted by Gasteiger charge is -2.09. The van der Waals surface area contributed by atoms with Gasteiger partial charge in [-0.25, -0.2) is 9.89 Å². The Morgan fingerprint density at radius 3 is 2.93 bits per heavy atom. The summed E-state index contributed by atoms with van der Waals surface area (Å²) >= 11 is 0. The highest BCUT2D eigenvalue weighted by Crippen LogP contribution is 2.37. The molecular formula is C9H13N3O2. The molecule has 1 aliphatic carbocycles. The van der Waals surface area contributed by atoms with E-state index in [1.54, 1.807) is 4.57 Å². The third-order valence-corrected chi connectivity index (χ3v) is 2.86. The standard InChI is InChI=1S/C9H13N3O2/c13-9-11-10-8(7-2-1-5-14-7)12(9)6-3-4-6/h6-7H,1-5H2,(H,11,13). The number of aromatic nitrogens is 3. The summed E-state index contributed by atoms with van der Waals surface area (Å²) in [6.07, 6.45) is 4.28. The van der Waals surface area contributed by atoms with Crippen LogP contribution in [0.1, 0.15) is 43.7 Å². The second-order valence-corrected chi connectivity index (χ2v) is 3.99. The summed E-state index contributed by atoms with van der Waals surface area (Å²) in [6, 6.07) is 0.375. The Morgan fingerprint density at radius 1 is 1.43 bits per heavy atom. The third kappa shape index (κ3) is 1.19. The average molecular weight is 195 g/mol. The Hall–Kier alpha value is -1.10. The van der Waals surface area contributed by atoms with Crippen molar-refractivity contribution in [3.05, 3.63) is 16.3 Å². The first-order chi connectivity index (χ1) is 6.86. The van der Waals surface area contributed by atoms with Crippen LogP contribution in [0.5, 0.6) is 0 Å². The van der Waals surface area contributed by atoms with Gasteiger partial charge in [-0.05, 0) is 25.7 Å². The molecule has 2 heterocycles. The molecule has 0 radical (unpaired) electrons. The van der Waals surface area contributed by atoms with Crippen LogP contribution in [0, 0.1) is 0 Å². The van der Waals surface area contributed by atoms with Gasteiger partial charge in [-0.1, -0.05) is 0 Å². The largest absolute Gasteiger partial charge is 0.370 e. The van der Waals surface area contributed by atoms with Crippen LogP contribution in [0.4, 0.5) is 0 Å². The summed E-state index contributed by atoms with van der Waals surface area (Å²) < 4.78 is 7.30. The van der Waals surface area contributed by atoms with Crippen molar-refractivity contribution in [2.24, 2.45) is 0 Å². The van der Waals surface area contributed by atoms with E-state index in [0.717, 1.165) is 38.1 Å². The zero-order valence-corrected chi connectivity index (χ0v) is 7.90. The Kier molecular flexibility index (Phi) is 1.73.